The molecule has 3 aromatic rings. The molecule has 0 radical (unpaired) electrons. The van der Waals surface area contributed by atoms with E-state index >= 15 is 0 Å². The fraction of sp³-hybridized carbons (Fsp3) is 0.273. The molecule has 0 saturated heterocycles. The molecule has 2 N–H and O–H groups in total. The number of benzene rings is 2. The average molecular weight is 519 g/mol. The number of nitrogens with zero attached hydrogens (tertiary/aromatic N) is 4. The maximum Gasteiger partial charge on any atom is 0.271 e. The minimum Gasteiger partial charge on any atom is -0.494 e. The van der Waals surface area contributed by atoms with Gasteiger partial charge >= 0.3 is 0 Å². The summed E-state index contributed by atoms with van der Waals surface area (Å²) in [5.74, 6) is 0.467. The standard InChI is InChI=1S/C22H23ClN6O5S/c1-3-28-19(12-20(30)24-14-5-8-16(9-6-14)34-4-2)26-27-22(28)35-13-21(31)25-18-11-15(29(32)33)7-10-17(18)23/h5-11H,3-4,12-13H2,1-2H3,(H,24,30)(H,25,31). The highest BCUT2D eigenvalue weighted by atomic mass is 35.5. The van der Waals surface area contributed by atoms with Crippen LogP contribution < -0.4 is 15.4 Å². The van der Waals surface area contributed by atoms with Crippen molar-refractivity contribution >= 4 is 52.2 Å². The van der Waals surface area contributed by atoms with Gasteiger partial charge in [-0.1, -0.05) is 23.4 Å². The van der Waals surface area contributed by atoms with Gasteiger partial charge in [-0.05, 0) is 44.2 Å². The lowest BCUT2D eigenvalue weighted by Gasteiger charge is -2.09. The third-order valence-corrected chi connectivity index (χ3v) is 5.94. The molecule has 13 heteroatoms. The summed E-state index contributed by atoms with van der Waals surface area (Å²) in [6.07, 6.45) is 0.00407. The number of carbonyl (C=O) groups is 2. The summed E-state index contributed by atoms with van der Waals surface area (Å²) in [6.45, 7) is 4.83. The number of hydrogen-bond donors (Lipinski definition) is 2. The van der Waals surface area contributed by atoms with E-state index in [1.165, 1.54) is 18.2 Å². The average Bonchev–Trinajstić information content (AvgIpc) is 3.21. The van der Waals surface area contributed by atoms with Crippen LogP contribution in [0.25, 0.3) is 0 Å². The zero-order valence-electron chi connectivity index (χ0n) is 19.0. The van der Waals surface area contributed by atoms with Crippen LogP contribution in [0.4, 0.5) is 17.1 Å². The van der Waals surface area contributed by atoms with Gasteiger partial charge in [0.15, 0.2) is 5.16 Å². The second-order valence-electron chi connectivity index (χ2n) is 7.08. The number of rotatable bonds is 11. The summed E-state index contributed by atoms with van der Waals surface area (Å²) >= 11 is 7.15. The Hall–Kier alpha value is -3.64. The first kappa shape index (κ1) is 26.0. The minimum atomic E-state index is -0.571. The van der Waals surface area contributed by atoms with Crippen molar-refractivity contribution in [2.75, 3.05) is 23.0 Å². The first-order valence-corrected chi connectivity index (χ1v) is 12.0. The van der Waals surface area contributed by atoms with Crippen molar-refractivity contribution in [3.05, 3.63) is 63.4 Å². The van der Waals surface area contributed by atoms with Crippen molar-refractivity contribution in [1.82, 2.24) is 14.8 Å². The highest BCUT2D eigenvalue weighted by molar-refractivity contribution is 7.99. The molecular formula is C22H23ClN6O5S. The molecule has 2 amide bonds. The minimum absolute atomic E-state index is 0.00407. The second-order valence-corrected chi connectivity index (χ2v) is 8.43. The molecule has 0 aliphatic rings. The maximum atomic E-state index is 12.5. The van der Waals surface area contributed by atoms with Crippen molar-refractivity contribution in [1.29, 1.82) is 0 Å². The number of non-ortho nitro benzene ring substituents is 1. The van der Waals surface area contributed by atoms with Crippen LogP contribution >= 0.6 is 23.4 Å². The Morgan fingerprint density at radius 1 is 1.11 bits per heavy atom. The Balaban J connectivity index is 1.58. The van der Waals surface area contributed by atoms with Crippen LogP contribution in [-0.4, -0.2) is 43.9 Å². The third kappa shape index (κ3) is 7.17. The van der Waals surface area contributed by atoms with E-state index in [0.717, 1.165) is 17.5 Å². The van der Waals surface area contributed by atoms with Crippen LogP contribution in [0.5, 0.6) is 5.75 Å². The molecule has 0 bridgehead atoms. The number of halogens is 1. The lowest BCUT2D eigenvalue weighted by molar-refractivity contribution is -0.384. The summed E-state index contributed by atoms with van der Waals surface area (Å²) in [5.41, 5.74) is 0.596. The van der Waals surface area contributed by atoms with Gasteiger partial charge in [0.05, 0.1) is 34.4 Å². The van der Waals surface area contributed by atoms with Gasteiger partial charge < -0.3 is 19.9 Å². The van der Waals surface area contributed by atoms with Gasteiger partial charge in [0.1, 0.15) is 11.6 Å². The molecule has 1 heterocycles. The topological polar surface area (TPSA) is 141 Å². The molecular weight excluding hydrogens is 496 g/mol. The summed E-state index contributed by atoms with van der Waals surface area (Å²) in [6, 6.07) is 10.8. The number of amides is 2. The number of ether oxygens (including phenoxy) is 1. The van der Waals surface area contributed by atoms with E-state index in [1.807, 2.05) is 13.8 Å². The van der Waals surface area contributed by atoms with Gasteiger partial charge in [0.2, 0.25) is 11.8 Å². The molecule has 0 aliphatic heterocycles. The van der Waals surface area contributed by atoms with E-state index in [9.17, 15) is 19.7 Å². The van der Waals surface area contributed by atoms with Crippen LogP contribution in [0.3, 0.4) is 0 Å². The van der Waals surface area contributed by atoms with Crippen molar-refractivity contribution in [3.8, 4) is 5.75 Å². The number of nitro benzene ring substituents is 1. The SMILES string of the molecule is CCOc1ccc(NC(=O)Cc2nnc(SCC(=O)Nc3cc([N+](=O)[O-])ccc3Cl)n2CC)cc1. The first-order valence-electron chi connectivity index (χ1n) is 10.6. The molecule has 0 spiro atoms. The van der Waals surface area contributed by atoms with Crippen LogP contribution in [0, 0.1) is 10.1 Å². The van der Waals surface area contributed by atoms with Crippen LogP contribution in [0.2, 0.25) is 5.02 Å². The molecule has 3 rings (SSSR count). The second kappa shape index (κ2) is 12.2. The van der Waals surface area contributed by atoms with Gasteiger partial charge in [-0.25, -0.2) is 0 Å². The van der Waals surface area contributed by atoms with Gasteiger partial charge in [-0.15, -0.1) is 10.2 Å². The van der Waals surface area contributed by atoms with E-state index in [0.29, 0.717) is 29.8 Å². The Labute approximate surface area is 210 Å². The molecule has 0 fully saturated rings. The van der Waals surface area contributed by atoms with Gasteiger partial charge in [0.25, 0.3) is 5.69 Å². The fourth-order valence-corrected chi connectivity index (χ4v) is 4.05. The quantitative estimate of drug-likeness (QED) is 0.219. The summed E-state index contributed by atoms with van der Waals surface area (Å²) in [5, 5.41) is 25.2. The van der Waals surface area contributed by atoms with Crippen molar-refractivity contribution in [2.45, 2.75) is 32.0 Å². The van der Waals surface area contributed by atoms with E-state index < -0.39 is 10.8 Å². The summed E-state index contributed by atoms with van der Waals surface area (Å²) < 4.78 is 7.14. The van der Waals surface area contributed by atoms with E-state index in [-0.39, 0.29) is 34.5 Å². The van der Waals surface area contributed by atoms with Gasteiger partial charge in [-0.2, -0.15) is 0 Å². The Morgan fingerprint density at radius 2 is 1.86 bits per heavy atom. The number of aromatic nitrogens is 3. The number of carbonyl (C=O) groups excluding carboxylic acids is 2. The Morgan fingerprint density at radius 3 is 2.51 bits per heavy atom. The maximum absolute atomic E-state index is 12.5. The molecule has 0 aliphatic carbocycles. The van der Waals surface area contributed by atoms with Gasteiger partial charge in [-0.3, -0.25) is 19.7 Å². The number of nitro groups is 1. The molecule has 0 unspecified atom stereocenters. The highest BCUT2D eigenvalue weighted by Crippen LogP contribution is 2.27. The first-order chi connectivity index (χ1) is 16.8. The lowest BCUT2D eigenvalue weighted by atomic mass is 10.3. The molecule has 0 saturated carbocycles. The van der Waals surface area contributed by atoms with Crippen LogP contribution in [0.15, 0.2) is 47.6 Å². The number of hydrogen-bond acceptors (Lipinski definition) is 8. The van der Waals surface area contributed by atoms with E-state index in [2.05, 4.69) is 20.8 Å². The third-order valence-electron chi connectivity index (χ3n) is 4.64. The number of nitrogens with one attached hydrogen (secondary N) is 2. The predicted molar refractivity (Wildman–Crippen MR) is 133 cm³/mol. The molecule has 0 atom stereocenters. The highest BCUT2D eigenvalue weighted by Gasteiger charge is 2.17. The molecule has 2 aromatic carbocycles. The van der Waals surface area contributed by atoms with Crippen molar-refractivity contribution < 1.29 is 19.2 Å². The van der Waals surface area contributed by atoms with Crippen LogP contribution in [-0.2, 0) is 22.6 Å². The molecule has 1 aromatic heterocycles. The summed E-state index contributed by atoms with van der Waals surface area (Å²) in [4.78, 5) is 35.2. The predicted octanol–water partition coefficient (Wildman–Crippen LogP) is 4.17. The molecule has 11 nitrogen and oxygen atoms in total. The fourth-order valence-electron chi connectivity index (χ4n) is 3.06. The molecule has 184 valence electrons. The number of thioether (sulfide) groups is 1. The monoisotopic (exact) mass is 518 g/mol. The van der Waals surface area contributed by atoms with Crippen LogP contribution in [0.1, 0.15) is 19.7 Å². The zero-order chi connectivity index (χ0) is 25.4. The van der Waals surface area contributed by atoms with Gasteiger partial charge in [0, 0.05) is 24.4 Å². The number of anilines is 2. The largest absolute Gasteiger partial charge is 0.494 e. The smallest absolute Gasteiger partial charge is 0.271 e. The normalized spacial score (nSPS) is 10.6. The molecule has 35 heavy (non-hydrogen) atoms. The van der Waals surface area contributed by atoms with E-state index in [4.69, 9.17) is 16.3 Å². The zero-order valence-corrected chi connectivity index (χ0v) is 20.6. The Bertz CT molecular complexity index is 1220. The Kier molecular flexibility index (Phi) is 9.04. The lowest BCUT2D eigenvalue weighted by Crippen LogP contribution is -2.18. The van der Waals surface area contributed by atoms with E-state index in [1.54, 1.807) is 28.8 Å². The summed E-state index contributed by atoms with van der Waals surface area (Å²) in [7, 11) is 0. The van der Waals surface area contributed by atoms with Crippen molar-refractivity contribution in [3.63, 3.8) is 0 Å². The van der Waals surface area contributed by atoms with Crippen molar-refractivity contribution in [2.24, 2.45) is 0 Å².